The number of amides is 2. The summed E-state index contributed by atoms with van der Waals surface area (Å²) in [6.45, 7) is 6.03. The zero-order valence-corrected chi connectivity index (χ0v) is 17.2. The molecular formula is C20H32N4O4. The fourth-order valence-electron chi connectivity index (χ4n) is 4.80. The maximum atomic E-state index is 13.3. The lowest BCUT2D eigenvalue weighted by atomic mass is 9.67. The number of likely N-dealkylation sites (tertiary alicyclic amines) is 2. The van der Waals surface area contributed by atoms with E-state index in [0.29, 0.717) is 19.6 Å². The molecule has 2 fully saturated rings. The van der Waals surface area contributed by atoms with Crippen molar-refractivity contribution in [1.29, 1.82) is 0 Å². The minimum absolute atomic E-state index is 0.0415. The molecule has 2 saturated heterocycles. The van der Waals surface area contributed by atoms with E-state index in [9.17, 15) is 14.7 Å². The molecule has 0 bridgehead atoms. The second-order valence-electron chi connectivity index (χ2n) is 8.20. The van der Waals surface area contributed by atoms with Gasteiger partial charge in [0, 0.05) is 25.2 Å². The van der Waals surface area contributed by atoms with Crippen LogP contribution in [0.1, 0.15) is 42.7 Å². The summed E-state index contributed by atoms with van der Waals surface area (Å²) in [7, 11) is 2.02. The van der Waals surface area contributed by atoms with E-state index in [1.54, 1.807) is 4.90 Å². The van der Waals surface area contributed by atoms with Crippen molar-refractivity contribution in [3.63, 3.8) is 0 Å². The second kappa shape index (κ2) is 8.61. The third kappa shape index (κ3) is 3.93. The van der Waals surface area contributed by atoms with Crippen LogP contribution in [0.4, 0.5) is 0 Å². The number of hydrogen-bond donors (Lipinski definition) is 2. The van der Waals surface area contributed by atoms with Crippen molar-refractivity contribution in [2.24, 2.45) is 5.41 Å². The highest BCUT2D eigenvalue weighted by atomic mass is 16.5. The molecule has 3 rings (SSSR count). The second-order valence-corrected chi connectivity index (χ2v) is 8.20. The fraction of sp³-hybridized carbons (Fsp3) is 0.750. The van der Waals surface area contributed by atoms with Crippen LogP contribution in [0.5, 0.6) is 0 Å². The Morgan fingerprint density at radius 1 is 1.32 bits per heavy atom. The highest BCUT2D eigenvalue weighted by Crippen LogP contribution is 2.42. The van der Waals surface area contributed by atoms with E-state index in [1.165, 1.54) is 0 Å². The Morgan fingerprint density at radius 3 is 2.79 bits per heavy atom. The third-order valence-electron chi connectivity index (χ3n) is 6.44. The maximum absolute atomic E-state index is 13.3. The summed E-state index contributed by atoms with van der Waals surface area (Å²) >= 11 is 0. The predicted molar refractivity (Wildman–Crippen MR) is 104 cm³/mol. The van der Waals surface area contributed by atoms with E-state index in [2.05, 4.69) is 15.4 Å². The van der Waals surface area contributed by atoms with Crippen molar-refractivity contribution in [2.75, 3.05) is 39.8 Å². The topological polar surface area (TPSA) is 98.9 Å². The number of aryl methyl sites for hydroxylation is 2. The molecule has 1 aromatic heterocycles. The van der Waals surface area contributed by atoms with Crippen LogP contribution < -0.4 is 5.32 Å². The first-order chi connectivity index (χ1) is 13.4. The average Bonchev–Trinajstić information content (AvgIpc) is 3.01. The summed E-state index contributed by atoms with van der Waals surface area (Å²) in [6, 6.07) is -0.179. The molecule has 2 amide bonds. The van der Waals surface area contributed by atoms with Gasteiger partial charge >= 0.3 is 0 Å². The molecule has 1 aromatic rings. The van der Waals surface area contributed by atoms with Crippen molar-refractivity contribution < 1.29 is 19.2 Å². The van der Waals surface area contributed by atoms with Crippen molar-refractivity contribution in [2.45, 2.75) is 52.0 Å². The van der Waals surface area contributed by atoms with Crippen molar-refractivity contribution in [1.82, 2.24) is 20.3 Å². The molecule has 0 saturated carbocycles. The number of likely N-dealkylation sites (N-methyl/N-ethyl adjacent to an activating group) is 1. The van der Waals surface area contributed by atoms with Crippen LogP contribution in [-0.4, -0.2) is 77.8 Å². The molecule has 2 aliphatic heterocycles. The minimum Gasteiger partial charge on any atom is -0.387 e. The number of carbonyl (C=O) groups is 2. The molecule has 2 N–H and O–H groups in total. The predicted octanol–water partition coefficient (Wildman–Crippen LogP) is 0.645. The van der Waals surface area contributed by atoms with Crippen LogP contribution >= 0.6 is 0 Å². The third-order valence-corrected chi connectivity index (χ3v) is 6.44. The summed E-state index contributed by atoms with van der Waals surface area (Å²) in [5, 5.41) is 16.5. The summed E-state index contributed by atoms with van der Waals surface area (Å²) < 4.78 is 5.19. The van der Waals surface area contributed by atoms with Gasteiger partial charge in [-0.2, -0.15) is 0 Å². The van der Waals surface area contributed by atoms with Crippen molar-refractivity contribution in [3.05, 3.63) is 17.0 Å². The number of fused-ring (bicyclic) bond motifs is 1. The lowest BCUT2D eigenvalue weighted by Crippen LogP contribution is -2.66. The van der Waals surface area contributed by atoms with E-state index in [-0.39, 0.29) is 17.9 Å². The zero-order valence-electron chi connectivity index (χ0n) is 17.2. The number of aromatic nitrogens is 1. The number of carbonyl (C=O) groups excluding carboxylic acids is 2. The molecule has 2 atom stereocenters. The maximum Gasteiger partial charge on any atom is 0.248 e. The van der Waals surface area contributed by atoms with Gasteiger partial charge in [-0.05, 0) is 59.5 Å². The Hall–Kier alpha value is -1.93. The first-order valence-corrected chi connectivity index (χ1v) is 10.2. The zero-order chi connectivity index (χ0) is 20.3. The number of piperidine rings is 2. The average molecular weight is 393 g/mol. The molecule has 156 valence electrons. The molecule has 0 aliphatic carbocycles. The largest absolute Gasteiger partial charge is 0.387 e. The quantitative estimate of drug-likeness (QED) is 0.690. The van der Waals surface area contributed by atoms with Crippen LogP contribution in [0, 0.1) is 19.3 Å². The summed E-state index contributed by atoms with van der Waals surface area (Å²) in [5.74, 6) is 0.596. The van der Waals surface area contributed by atoms with Gasteiger partial charge in [0.25, 0.3) is 0 Å². The van der Waals surface area contributed by atoms with E-state index in [1.807, 2.05) is 20.9 Å². The first-order valence-electron chi connectivity index (χ1n) is 10.2. The number of aliphatic hydroxyl groups excluding tert-OH is 1. The van der Waals surface area contributed by atoms with Gasteiger partial charge in [-0.25, -0.2) is 0 Å². The van der Waals surface area contributed by atoms with E-state index in [0.717, 1.165) is 55.7 Å². The van der Waals surface area contributed by atoms with Crippen LogP contribution in [0.15, 0.2) is 4.52 Å². The molecule has 8 nitrogen and oxygen atoms in total. The smallest absolute Gasteiger partial charge is 0.248 e. The van der Waals surface area contributed by atoms with Crippen LogP contribution in [0.25, 0.3) is 0 Å². The molecule has 2 aliphatic rings. The summed E-state index contributed by atoms with van der Waals surface area (Å²) in [5.41, 5.74) is 1.46. The molecule has 0 spiro atoms. The minimum atomic E-state index is -0.557. The summed E-state index contributed by atoms with van der Waals surface area (Å²) in [4.78, 5) is 29.4. The Balaban J connectivity index is 1.65. The molecule has 0 unspecified atom stereocenters. The monoisotopic (exact) mass is 392 g/mol. The number of rotatable bonds is 6. The van der Waals surface area contributed by atoms with E-state index < -0.39 is 12.0 Å². The Labute approximate surface area is 166 Å². The number of hydrogen-bond acceptors (Lipinski definition) is 6. The van der Waals surface area contributed by atoms with Gasteiger partial charge in [-0.15, -0.1) is 0 Å². The standard InChI is InChI=1S/C20H32N4O4/c1-14-16(15(2)28-22-14)6-4-9-21-19(27)20-7-5-10-24(18(26)13-25)17(20)12-23(3)11-8-20/h17,25H,4-13H2,1-3H3,(H,21,27)/t17-,20-/m1/s1. The Bertz CT molecular complexity index is 700. The molecule has 28 heavy (non-hydrogen) atoms. The first kappa shape index (κ1) is 20.8. The van der Waals surface area contributed by atoms with Gasteiger partial charge in [-0.3, -0.25) is 9.59 Å². The molecular weight excluding hydrogens is 360 g/mol. The van der Waals surface area contributed by atoms with Crippen LogP contribution in [0.3, 0.4) is 0 Å². The highest BCUT2D eigenvalue weighted by molar-refractivity contribution is 5.86. The molecule has 8 heteroatoms. The SMILES string of the molecule is Cc1noc(C)c1CCCNC(=O)[C@@]12CCCN(C(=O)CO)[C@@H]1CN(C)CC2. The number of nitrogens with one attached hydrogen (secondary N) is 1. The lowest BCUT2D eigenvalue weighted by Gasteiger charge is -2.53. The summed E-state index contributed by atoms with van der Waals surface area (Å²) in [6.07, 6.45) is 3.94. The molecule has 3 heterocycles. The van der Waals surface area contributed by atoms with Gasteiger partial charge in [0.15, 0.2) is 0 Å². The van der Waals surface area contributed by atoms with Crippen molar-refractivity contribution in [3.8, 4) is 0 Å². The van der Waals surface area contributed by atoms with Gasteiger partial charge in [0.1, 0.15) is 12.4 Å². The normalized spacial score (nSPS) is 25.4. The van der Waals surface area contributed by atoms with Gasteiger partial charge in [0.05, 0.1) is 17.2 Å². The Morgan fingerprint density at radius 2 is 2.11 bits per heavy atom. The van der Waals surface area contributed by atoms with Crippen LogP contribution in [0.2, 0.25) is 0 Å². The highest BCUT2D eigenvalue weighted by Gasteiger charge is 2.53. The molecule has 0 radical (unpaired) electrons. The Kier molecular flexibility index (Phi) is 6.40. The fourth-order valence-corrected chi connectivity index (χ4v) is 4.80. The van der Waals surface area contributed by atoms with Crippen LogP contribution in [-0.2, 0) is 16.0 Å². The van der Waals surface area contributed by atoms with Crippen molar-refractivity contribution >= 4 is 11.8 Å². The van der Waals surface area contributed by atoms with E-state index >= 15 is 0 Å². The molecule has 0 aromatic carbocycles. The van der Waals surface area contributed by atoms with E-state index in [4.69, 9.17) is 4.52 Å². The number of nitrogens with zero attached hydrogens (tertiary/aromatic N) is 3. The van der Waals surface area contributed by atoms with Gasteiger partial charge < -0.3 is 24.7 Å². The number of aliphatic hydroxyl groups is 1. The lowest BCUT2D eigenvalue weighted by molar-refractivity contribution is -0.155. The van der Waals surface area contributed by atoms with Gasteiger partial charge in [-0.1, -0.05) is 5.16 Å². The van der Waals surface area contributed by atoms with Gasteiger partial charge in [0.2, 0.25) is 11.8 Å².